The highest BCUT2D eigenvalue weighted by Gasteiger charge is 2.55. The molecule has 1 aliphatic heterocycles. The molecule has 0 bridgehead atoms. The van der Waals surface area contributed by atoms with Crippen LogP contribution in [0.2, 0.25) is 0 Å². The van der Waals surface area contributed by atoms with E-state index in [0.717, 1.165) is 29.7 Å². The highest BCUT2D eigenvalue weighted by molar-refractivity contribution is 6.09. The lowest BCUT2D eigenvalue weighted by Crippen LogP contribution is -2.54. The zero-order valence-electron chi connectivity index (χ0n) is 14.5. The topological polar surface area (TPSA) is 91.4 Å². The fourth-order valence-electron chi connectivity index (χ4n) is 3.73. The largest absolute Gasteiger partial charge is 0.354 e. The molecule has 134 valence electrons. The van der Waals surface area contributed by atoms with Crippen LogP contribution in [0, 0.1) is 5.92 Å². The summed E-state index contributed by atoms with van der Waals surface area (Å²) in [5, 5.41) is 5.62. The number of urea groups is 1. The summed E-state index contributed by atoms with van der Waals surface area (Å²) >= 11 is 0. The summed E-state index contributed by atoms with van der Waals surface area (Å²) in [6.45, 7) is 2.21. The SMILES string of the molecule is C[C@@H]1CCCC[C@]12NC(=O)N(CC(=O)NCCc1cccnc1)C2=O. The zero-order chi connectivity index (χ0) is 17.9. The summed E-state index contributed by atoms with van der Waals surface area (Å²) in [6.07, 6.45) is 7.65. The average Bonchev–Trinajstić information content (AvgIpc) is 2.84. The summed E-state index contributed by atoms with van der Waals surface area (Å²) in [5.74, 6) is -0.489. The van der Waals surface area contributed by atoms with Crippen LogP contribution < -0.4 is 10.6 Å². The number of pyridine rings is 1. The number of hydrogen-bond donors (Lipinski definition) is 2. The summed E-state index contributed by atoms with van der Waals surface area (Å²) in [5.41, 5.74) is 0.207. The molecule has 4 amide bonds. The van der Waals surface area contributed by atoms with Crippen LogP contribution in [-0.4, -0.2) is 46.4 Å². The summed E-state index contributed by atoms with van der Waals surface area (Å²) < 4.78 is 0. The lowest BCUT2D eigenvalue weighted by molar-refractivity contribution is -0.137. The second-order valence-electron chi connectivity index (χ2n) is 6.90. The molecule has 1 saturated heterocycles. The molecule has 2 aliphatic rings. The third-order valence-electron chi connectivity index (χ3n) is 5.26. The minimum Gasteiger partial charge on any atom is -0.354 e. The standard InChI is InChI=1S/C18H24N4O3/c1-13-5-2-3-8-18(13)16(24)22(17(25)21-18)12-15(23)20-10-7-14-6-4-9-19-11-14/h4,6,9,11,13H,2-3,5,7-8,10,12H2,1H3,(H,20,23)(H,21,25)/t13-,18+/m1/s1. The molecule has 1 aromatic heterocycles. The number of amides is 4. The van der Waals surface area contributed by atoms with Gasteiger partial charge in [-0.25, -0.2) is 4.79 Å². The van der Waals surface area contributed by atoms with Crippen molar-refractivity contribution < 1.29 is 14.4 Å². The maximum Gasteiger partial charge on any atom is 0.325 e. The van der Waals surface area contributed by atoms with Crippen LogP contribution in [0.3, 0.4) is 0 Å². The molecule has 0 aromatic carbocycles. The predicted molar refractivity (Wildman–Crippen MR) is 91.6 cm³/mol. The third kappa shape index (κ3) is 3.50. The van der Waals surface area contributed by atoms with Crippen LogP contribution in [0.5, 0.6) is 0 Å². The van der Waals surface area contributed by atoms with Gasteiger partial charge in [0, 0.05) is 18.9 Å². The Labute approximate surface area is 147 Å². The number of aromatic nitrogens is 1. The van der Waals surface area contributed by atoms with Crippen LogP contribution in [0.1, 0.15) is 38.2 Å². The minimum absolute atomic E-state index is 0.0938. The number of imide groups is 1. The molecule has 2 heterocycles. The van der Waals surface area contributed by atoms with Gasteiger partial charge in [-0.3, -0.25) is 19.5 Å². The maximum atomic E-state index is 12.8. The molecule has 1 spiro atoms. The van der Waals surface area contributed by atoms with E-state index in [0.29, 0.717) is 19.4 Å². The van der Waals surface area contributed by atoms with E-state index in [1.165, 1.54) is 0 Å². The smallest absolute Gasteiger partial charge is 0.325 e. The molecule has 25 heavy (non-hydrogen) atoms. The van der Waals surface area contributed by atoms with E-state index in [1.807, 2.05) is 19.1 Å². The van der Waals surface area contributed by atoms with E-state index >= 15 is 0 Å². The molecule has 1 aliphatic carbocycles. The van der Waals surface area contributed by atoms with Gasteiger partial charge in [-0.15, -0.1) is 0 Å². The van der Waals surface area contributed by atoms with Crippen LogP contribution in [0.15, 0.2) is 24.5 Å². The molecule has 0 radical (unpaired) electrons. The number of nitrogens with one attached hydrogen (secondary N) is 2. The van der Waals surface area contributed by atoms with E-state index < -0.39 is 11.6 Å². The average molecular weight is 344 g/mol. The molecule has 1 saturated carbocycles. The fraction of sp³-hybridized carbons (Fsp3) is 0.556. The Morgan fingerprint density at radius 2 is 2.28 bits per heavy atom. The highest BCUT2D eigenvalue weighted by Crippen LogP contribution is 2.38. The van der Waals surface area contributed by atoms with Crippen LogP contribution in [0.25, 0.3) is 0 Å². The second-order valence-corrected chi connectivity index (χ2v) is 6.90. The van der Waals surface area contributed by atoms with Crippen molar-refractivity contribution >= 4 is 17.8 Å². The molecule has 7 nitrogen and oxygen atoms in total. The van der Waals surface area contributed by atoms with Crippen molar-refractivity contribution in [2.24, 2.45) is 5.92 Å². The Kier molecular flexibility index (Phi) is 5.01. The number of carbonyl (C=O) groups is 3. The van der Waals surface area contributed by atoms with E-state index in [9.17, 15) is 14.4 Å². The number of carbonyl (C=O) groups excluding carboxylic acids is 3. The van der Waals surface area contributed by atoms with Crippen molar-refractivity contribution in [3.8, 4) is 0 Å². The van der Waals surface area contributed by atoms with Gasteiger partial charge < -0.3 is 10.6 Å². The van der Waals surface area contributed by atoms with Gasteiger partial charge in [0.05, 0.1) is 0 Å². The maximum absolute atomic E-state index is 12.8. The van der Waals surface area contributed by atoms with Crippen molar-refractivity contribution in [1.29, 1.82) is 0 Å². The van der Waals surface area contributed by atoms with Crippen LogP contribution >= 0.6 is 0 Å². The molecule has 2 N–H and O–H groups in total. The Balaban J connectivity index is 1.54. The first-order chi connectivity index (χ1) is 12.0. The molecular formula is C18H24N4O3. The number of rotatable bonds is 5. The lowest BCUT2D eigenvalue weighted by Gasteiger charge is -2.36. The summed E-state index contributed by atoms with van der Waals surface area (Å²) in [6, 6.07) is 3.32. The first kappa shape index (κ1) is 17.4. The van der Waals surface area contributed by atoms with Crippen LogP contribution in [0.4, 0.5) is 4.79 Å². The molecule has 2 atom stereocenters. The molecule has 7 heteroatoms. The van der Waals surface area contributed by atoms with Gasteiger partial charge in [-0.1, -0.05) is 25.8 Å². The van der Waals surface area contributed by atoms with Crippen molar-refractivity contribution in [3.63, 3.8) is 0 Å². The first-order valence-corrected chi connectivity index (χ1v) is 8.82. The van der Waals surface area contributed by atoms with Gasteiger partial charge in [-0.05, 0) is 36.8 Å². The highest BCUT2D eigenvalue weighted by atomic mass is 16.2. The van der Waals surface area contributed by atoms with E-state index in [4.69, 9.17) is 0 Å². The third-order valence-corrected chi connectivity index (χ3v) is 5.26. The van der Waals surface area contributed by atoms with Gasteiger partial charge >= 0.3 is 6.03 Å². The summed E-state index contributed by atoms with van der Waals surface area (Å²) in [4.78, 5) is 42.2. The van der Waals surface area contributed by atoms with Crippen molar-refractivity contribution in [1.82, 2.24) is 20.5 Å². The monoisotopic (exact) mass is 344 g/mol. The molecule has 1 aromatic rings. The van der Waals surface area contributed by atoms with Crippen molar-refractivity contribution in [3.05, 3.63) is 30.1 Å². The summed E-state index contributed by atoms with van der Waals surface area (Å²) in [7, 11) is 0. The van der Waals surface area contributed by atoms with Gasteiger partial charge in [-0.2, -0.15) is 0 Å². The van der Waals surface area contributed by atoms with Crippen molar-refractivity contribution in [2.75, 3.05) is 13.1 Å². The molecule has 0 unspecified atom stereocenters. The van der Waals surface area contributed by atoms with Gasteiger partial charge in [0.15, 0.2) is 0 Å². The lowest BCUT2D eigenvalue weighted by atomic mass is 9.73. The van der Waals surface area contributed by atoms with E-state index in [1.54, 1.807) is 12.4 Å². The van der Waals surface area contributed by atoms with Crippen LogP contribution in [-0.2, 0) is 16.0 Å². The van der Waals surface area contributed by atoms with E-state index in [-0.39, 0.29) is 24.3 Å². The normalized spacial score (nSPS) is 26.0. The zero-order valence-corrected chi connectivity index (χ0v) is 14.5. The van der Waals surface area contributed by atoms with Gasteiger partial charge in [0.1, 0.15) is 12.1 Å². The van der Waals surface area contributed by atoms with E-state index in [2.05, 4.69) is 15.6 Å². The first-order valence-electron chi connectivity index (χ1n) is 8.82. The Bertz CT molecular complexity index is 664. The predicted octanol–water partition coefficient (Wildman–Crippen LogP) is 1.24. The second kappa shape index (κ2) is 7.21. The van der Waals surface area contributed by atoms with Crippen molar-refractivity contribution in [2.45, 2.75) is 44.6 Å². The number of nitrogens with zero attached hydrogens (tertiary/aromatic N) is 2. The quantitative estimate of drug-likeness (QED) is 0.786. The van der Waals surface area contributed by atoms with Gasteiger partial charge in [0.2, 0.25) is 5.91 Å². The molecular weight excluding hydrogens is 320 g/mol. The number of hydrogen-bond acceptors (Lipinski definition) is 4. The minimum atomic E-state index is -0.814. The molecule has 3 rings (SSSR count). The fourth-order valence-corrected chi connectivity index (χ4v) is 3.73. The Morgan fingerprint density at radius 1 is 1.44 bits per heavy atom. The van der Waals surface area contributed by atoms with Gasteiger partial charge in [0.25, 0.3) is 5.91 Å². The molecule has 2 fully saturated rings. The Morgan fingerprint density at radius 3 is 3.00 bits per heavy atom. The Hall–Kier alpha value is -2.44.